The predicted octanol–water partition coefficient (Wildman–Crippen LogP) is 17.7. The van der Waals surface area contributed by atoms with Crippen LogP contribution in [0.4, 0.5) is 0 Å². The van der Waals surface area contributed by atoms with Gasteiger partial charge in [-0.05, 0) is 94.8 Å². The van der Waals surface area contributed by atoms with Gasteiger partial charge < -0.3 is 0 Å². The molecular formula is C50H62S2. The average molecular weight is 727 g/mol. The van der Waals surface area contributed by atoms with Crippen LogP contribution >= 0.6 is 22.7 Å². The van der Waals surface area contributed by atoms with Crippen LogP contribution in [0.3, 0.4) is 0 Å². The van der Waals surface area contributed by atoms with Gasteiger partial charge in [0, 0.05) is 40.3 Å². The van der Waals surface area contributed by atoms with Crippen molar-refractivity contribution in [2.24, 2.45) is 0 Å². The summed E-state index contributed by atoms with van der Waals surface area (Å²) in [5.74, 6) is 0. The van der Waals surface area contributed by atoms with Gasteiger partial charge in [0.05, 0.1) is 0 Å². The zero-order valence-corrected chi connectivity index (χ0v) is 33.9. The number of hydrogen-bond donors (Lipinski definition) is 0. The standard InChI is InChI=1S/C50H62S2/c1-3-5-7-9-11-13-15-17-19-21-23-37-25-27-39-33-47-43(31-41(39)29-37)45-35-50-46(36-49(45)51-47)44-32-42-30-38(26-28-40(42)34-48(44)52-50)24-22-20-18-16-14-12-10-8-6-4-2/h25-36H,3-24H2,1-2H3. The lowest BCUT2D eigenvalue weighted by atomic mass is 9.99. The monoisotopic (exact) mass is 726 g/mol. The van der Waals surface area contributed by atoms with E-state index >= 15 is 0 Å². The maximum atomic E-state index is 2.50. The number of aryl methyl sites for hydroxylation is 2. The highest BCUT2D eigenvalue weighted by Crippen LogP contribution is 2.43. The zero-order chi connectivity index (χ0) is 35.5. The van der Waals surface area contributed by atoms with Crippen molar-refractivity contribution in [1.29, 1.82) is 0 Å². The summed E-state index contributed by atoms with van der Waals surface area (Å²) in [7, 11) is 0. The molecule has 2 aromatic heterocycles. The lowest BCUT2D eigenvalue weighted by molar-refractivity contribution is 0.556. The van der Waals surface area contributed by atoms with Crippen molar-refractivity contribution in [3.05, 3.63) is 83.9 Å². The number of rotatable bonds is 22. The van der Waals surface area contributed by atoms with Crippen LogP contribution in [-0.4, -0.2) is 0 Å². The number of unbranched alkanes of at least 4 members (excludes halogenated alkanes) is 18. The molecule has 2 heteroatoms. The molecule has 0 amide bonds. The van der Waals surface area contributed by atoms with E-state index in [-0.39, 0.29) is 0 Å². The van der Waals surface area contributed by atoms with E-state index in [1.165, 1.54) is 214 Å². The summed E-state index contributed by atoms with van der Waals surface area (Å²) in [5.41, 5.74) is 2.99. The van der Waals surface area contributed by atoms with E-state index in [0.717, 1.165) is 0 Å². The molecule has 5 aromatic carbocycles. The van der Waals surface area contributed by atoms with Crippen LogP contribution in [0.25, 0.3) is 61.9 Å². The summed E-state index contributed by atoms with van der Waals surface area (Å²) in [5, 5.41) is 11.2. The van der Waals surface area contributed by atoms with E-state index in [2.05, 4.69) is 86.6 Å². The van der Waals surface area contributed by atoms with Gasteiger partial charge in [-0.25, -0.2) is 0 Å². The fraction of sp³-hybridized carbons (Fsp3) is 0.480. The molecule has 0 bridgehead atoms. The van der Waals surface area contributed by atoms with Crippen LogP contribution in [0.5, 0.6) is 0 Å². The van der Waals surface area contributed by atoms with Gasteiger partial charge in [-0.15, -0.1) is 22.7 Å². The SMILES string of the molecule is CCCCCCCCCCCCc1ccc2cc3sc4cc5c(cc4c3cc2c1)sc1cc2ccc(CCCCCCCCCCCC)cc2cc15. The van der Waals surface area contributed by atoms with Crippen molar-refractivity contribution >= 4 is 84.6 Å². The second-order valence-corrected chi connectivity index (χ2v) is 18.1. The van der Waals surface area contributed by atoms with Crippen molar-refractivity contribution in [1.82, 2.24) is 0 Å². The van der Waals surface area contributed by atoms with Crippen molar-refractivity contribution in [3.8, 4) is 0 Å². The van der Waals surface area contributed by atoms with Gasteiger partial charge >= 0.3 is 0 Å². The van der Waals surface area contributed by atoms with E-state index in [9.17, 15) is 0 Å². The van der Waals surface area contributed by atoms with E-state index in [1.807, 2.05) is 22.7 Å². The molecule has 2 heterocycles. The molecule has 0 N–H and O–H groups in total. The van der Waals surface area contributed by atoms with Crippen LogP contribution < -0.4 is 0 Å². The Hall–Kier alpha value is -2.94. The molecule has 0 spiro atoms. The van der Waals surface area contributed by atoms with Gasteiger partial charge in [0.15, 0.2) is 0 Å². The quantitative estimate of drug-likeness (QED) is 0.0610. The summed E-state index contributed by atoms with van der Waals surface area (Å²) in [6, 6.07) is 29.3. The third-order valence-electron chi connectivity index (χ3n) is 11.7. The average Bonchev–Trinajstić information content (AvgIpc) is 3.69. The first-order chi connectivity index (χ1) is 25.7. The molecule has 7 rings (SSSR count). The van der Waals surface area contributed by atoms with Crippen LogP contribution in [0.1, 0.15) is 153 Å². The molecule has 0 unspecified atom stereocenters. The summed E-state index contributed by atoms with van der Waals surface area (Å²) in [6.45, 7) is 4.60. The Morgan fingerprint density at radius 1 is 0.308 bits per heavy atom. The van der Waals surface area contributed by atoms with Gasteiger partial charge in [0.1, 0.15) is 0 Å². The molecule has 0 saturated heterocycles. The van der Waals surface area contributed by atoms with E-state index in [4.69, 9.17) is 0 Å². The lowest BCUT2D eigenvalue weighted by Gasteiger charge is -2.06. The number of fused-ring (bicyclic) bond motifs is 8. The molecule has 52 heavy (non-hydrogen) atoms. The first kappa shape index (κ1) is 37.4. The highest BCUT2D eigenvalue weighted by molar-refractivity contribution is 7.27. The van der Waals surface area contributed by atoms with E-state index in [0.29, 0.717) is 0 Å². The zero-order valence-electron chi connectivity index (χ0n) is 32.3. The summed E-state index contributed by atoms with van der Waals surface area (Å²) in [6.07, 6.45) is 30.3. The van der Waals surface area contributed by atoms with E-state index < -0.39 is 0 Å². The Kier molecular flexibility index (Phi) is 13.6. The second-order valence-electron chi connectivity index (χ2n) is 16.0. The van der Waals surface area contributed by atoms with Crippen LogP contribution in [0.2, 0.25) is 0 Å². The van der Waals surface area contributed by atoms with E-state index in [1.54, 1.807) is 0 Å². The second kappa shape index (κ2) is 18.9. The lowest BCUT2D eigenvalue weighted by Crippen LogP contribution is -1.87. The minimum Gasteiger partial charge on any atom is -0.135 e. The van der Waals surface area contributed by atoms with Crippen molar-refractivity contribution < 1.29 is 0 Å². The highest BCUT2D eigenvalue weighted by Gasteiger charge is 2.13. The Balaban J connectivity index is 1.00. The van der Waals surface area contributed by atoms with Gasteiger partial charge in [-0.3, -0.25) is 0 Å². The highest BCUT2D eigenvalue weighted by atomic mass is 32.1. The fourth-order valence-electron chi connectivity index (χ4n) is 8.57. The predicted molar refractivity (Wildman–Crippen MR) is 238 cm³/mol. The van der Waals surface area contributed by atoms with Crippen LogP contribution in [0.15, 0.2) is 72.8 Å². The minimum absolute atomic E-state index is 1.20. The first-order valence-electron chi connectivity index (χ1n) is 21.4. The smallest absolute Gasteiger partial charge is 0.0362 e. The number of benzene rings is 5. The Labute approximate surface area is 322 Å². The first-order valence-corrected chi connectivity index (χ1v) is 23.0. The minimum atomic E-state index is 1.20. The Morgan fingerprint density at radius 3 is 1.02 bits per heavy atom. The van der Waals surface area contributed by atoms with Crippen molar-refractivity contribution in [3.63, 3.8) is 0 Å². The molecule has 0 atom stereocenters. The summed E-state index contributed by atoms with van der Waals surface area (Å²) < 4.78 is 5.65. The van der Waals surface area contributed by atoms with Crippen LogP contribution in [-0.2, 0) is 12.8 Å². The molecule has 274 valence electrons. The molecule has 0 nitrogen and oxygen atoms in total. The molecular weight excluding hydrogens is 665 g/mol. The molecule has 0 radical (unpaired) electrons. The van der Waals surface area contributed by atoms with Gasteiger partial charge in [0.25, 0.3) is 0 Å². The third kappa shape index (κ3) is 9.40. The van der Waals surface area contributed by atoms with Crippen LogP contribution in [0, 0.1) is 0 Å². The maximum Gasteiger partial charge on any atom is 0.0362 e. The Bertz CT molecular complexity index is 2040. The Morgan fingerprint density at radius 2 is 0.635 bits per heavy atom. The maximum absolute atomic E-state index is 2.50. The van der Waals surface area contributed by atoms with Gasteiger partial charge in [-0.1, -0.05) is 166 Å². The fourth-order valence-corrected chi connectivity index (χ4v) is 10.9. The molecule has 0 aliphatic rings. The summed E-state index contributed by atoms with van der Waals surface area (Å²) in [4.78, 5) is 0. The topological polar surface area (TPSA) is 0 Å². The van der Waals surface area contributed by atoms with Crippen molar-refractivity contribution in [2.45, 2.75) is 155 Å². The largest absolute Gasteiger partial charge is 0.135 e. The number of hydrogen-bond acceptors (Lipinski definition) is 2. The third-order valence-corrected chi connectivity index (χ3v) is 14.0. The van der Waals surface area contributed by atoms with Crippen molar-refractivity contribution in [2.75, 3.05) is 0 Å². The molecule has 0 aliphatic carbocycles. The number of thiophene rings is 2. The van der Waals surface area contributed by atoms with Gasteiger partial charge in [-0.2, -0.15) is 0 Å². The van der Waals surface area contributed by atoms with Gasteiger partial charge in [0.2, 0.25) is 0 Å². The molecule has 7 aromatic rings. The molecule has 0 fully saturated rings. The summed E-state index contributed by atoms with van der Waals surface area (Å²) >= 11 is 3.93. The molecule has 0 saturated carbocycles. The molecule has 0 aliphatic heterocycles. The normalized spacial score (nSPS) is 12.2.